The van der Waals surface area contributed by atoms with Crippen LogP contribution in [0.5, 0.6) is 0 Å². The molecule has 0 atom stereocenters. The van der Waals surface area contributed by atoms with Gasteiger partial charge in [-0.05, 0) is 32.4 Å². The van der Waals surface area contributed by atoms with Crippen LogP contribution < -0.4 is 5.73 Å². The fraction of sp³-hybridized carbons (Fsp3) is 1.00. The average molecular weight is 156 g/mol. The molecular weight excluding hydrogens is 136 g/mol. The highest BCUT2D eigenvalue weighted by Gasteiger charge is 2.39. The van der Waals surface area contributed by atoms with Gasteiger partial charge in [-0.1, -0.05) is 13.8 Å². The quantitative estimate of drug-likeness (QED) is 0.648. The minimum absolute atomic E-state index is 0.200. The normalized spacial score (nSPS) is 20.7. The van der Waals surface area contributed by atoms with E-state index in [4.69, 9.17) is 5.73 Å². The third-order valence-electron chi connectivity index (χ3n) is 2.42. The van der Waals surface area contributed by atoms with E-state index in [1.54, 1.807) is 0 Å². The van der Waals surface area contributed by atoms with E-state index in [0.29, 0.717) is 0 Å². The van der Waals surface area contributed by atoms with Crippen LogP contribution in [0.15, 0.2) is 0 Å². The van der Waals surface area contributed by atoms with E-state index in [9.17, 15) is 0 Å². The number of hydrogen-bond acceptors (Lipinski definition) is 2. The fourth-order valence-electron chi connectivity index (χ4n) is 1.43. The summed E-state index contributed by atoms with van der Waals surface area (Å²) in [6.45, 7) is 7.89. The van der Waals surface area contributed by atoms with Crippen LogP contribution in [0, 0.1) is 0 Å². The fourth-order valence-corrected chi connectivity index (χ4v) is 1.43. The van der Waals surface area contributed by atoms with E-state index in [1.165, 1.54) is 25.8 Å². The van der Waals surface area contributed by atoms with Gasteiger partial charge in [0, 0.05) is 12.1 Å². The number of rotatable bonds is 5. The van der Waals surface area contributed by atoms with Crippen molar-refractivity contribution in [3.05, 3.63) is 0 Å². The third kappa shape index (κ3) is 2.80. The molecule has 0 amide bonds. The summed E-state index contributed by atoms with van der Waals surface area (Å²) in [5.74, 6) is 0. The molecule has 0 aliphatic heterocycles. The van der Waals surface area contributed by atoms with E-state index < -0.39 is 0 Å². The van der Waals surface area contributed by atoms with E-state index in [-0.39, 0.29) is 5.54 Å². The van der Waals surface area contributed by atoms with Gasteiger partial charge in [-0.25, -0.2) is 0 Å². The molecule has 1 aliphatic rings. The molecule has 0 radical (unpaired) electrons. The van der Waals surface area contributed by atoms with Crippen molar-refractivity contribution in [2.24, 2.45) is 5.73 Å². The molecule has 11 heavy (non-hydrogen) atoms. The summed E-state index contributed by atoms with van der Waals surface area (Å²) in [5, 5.41) is 0. The van der Waals surface area contributed by atoms with Crippen molar-refractivity contribution in [1.29, 1.82) is 0 Å². The van der Waals surface area contributed by atoms with Crippen LogP contribution in [-0.2, 0) is 0 Å². The lowest BCUT2D eigenvalue weighted by Gasteiger charge is -2.23. The monoisotopic (exact) mass is 156 g/mol. The van der Waals surface area contributed by atoms with Crippen molar-refractivity contribution in [2.45, 2.75) is 38.6 Å². The van der Waals surface area contributed by atoms with Crippen molar-refractivity contribution in [3.8, 4) is 0 Å². The van der Waals surface area contributed by atoms with Gasteiger partial charge in [0.15, 0.2) is 0 Å². The predicted octanol–water partition coefficient (Wildman–Crippen LogP) is 1.21. The summed E-state index contributed by atoms with van der Waals surface area (Å²) in [4.78, 5) is 2.45. The SMILES string of the molecule is CCCN(CC)CC1(N)CC1. The molecule has 0 spiro atoms. The van der Waals surface area contributed by atoms with Crippen LogP contribution in [0.25, 0.3) is 0 Å². The molecule has 0 heterocycles. The van der Waals surface area contributed by atoms with Crippen molar-refractivity contribution in [2.75, 3.05) is 19.6 Å². The van der Waals surface area contributed by atoms with Gasteiger partial charge in [0.05, 0.1) is 0 Å². The first-order valence-corrected chi connectivity index (χ1v) is 4.71. The Morgan fingerprint density at radius 3 is 2.36 bits per heavy atom. The summed E-state index contributed by atoms with van der Waals surface area (Å²) >= 11 is 0. The molecule has 1 saturated carbocycles. The minimum atomic E-state index is 0.200. The molecular formula is C9H20N2. The van der Waals surface area contributed by atoms with E-state index in [1.807, 2.05) is 0 Å². The highest BCUT2D eigenvalue weighted by molar-refractivity contribution is 5.00. The zero-order valence-corrected chi connectivity index (χ0v) is 7.77. The van der Waals surface area contributed by atoms with Crippen molar-refractivity contribution >= 4 is 0 Å². The zero-order chi connectivity index (χ0) is 8.32. The first-order valence-electron chi connectivity index (χ1n) is 4.71. The predicted molar refractivity (Wildman–Crippen MR) is 48.6 cm³/mol. The molecule has 0 bridgehead atoms. The topological polar surface area (TPSA) is 29.3 Å². The summed E-state index contributed by atoms with van der Waals surface area (Å²) in [6.07, 6.45) is 3.70. The number of likely N-dealkylation sites (N-methyl/N-ethyl adjacent to an activating group) is 1. The second-order valence-electron chi connectivity index (χ2n) is 3.73. The largest absolute Gasteiger partial charge is 0.324 e. The highest BCUT2D eigenvalue weighted by atomic mass is 15.1. The first kappa shape index (κ1) is 9.01. The molecule has 0 aromatic heterocycles. The van der Waals surface area contributed by atoms with Crippen LogP contribution in [0.3, 0.4) is 0 Å². The maximum atomic E-state index is 6.01. The smallest absolute Gasteiger partial charge is 0.0284 e. The average Bonchev–Trinajstić information content (AvgIpc) is 2.68. The Morgan fingerprint density at radius 1 is 1.36 bits per heavy atom. The number of nitrogens with two attached hydrogens (primary N) is 1. The Morgan fingerprint density at radius 2 is 2.00 bits per heavy atom. The maximum absolute atomic E-state index is 6.01. The molecule has 1 fully saturated rings. The molecule has 0 aromatic carbocycles. The molecule has 2 N–H and O–H groups in total. The number of hydrogen-bond donors (Lipinski definition) is 1. The van der Waals surface area contributed by atoms with Gasteiger partial charge in [-0.3, -0.25) is 0 Å². The Labute approximate surface area is 69.8 Å². The Hall–Kier alpha value is -0.0800. The number of nitrogens with zero attached hydrogens (tertiary/aromatic N) is 1. The van der Waals surface area contributed by atoms with E-state index >= 15 is 0 Å². The lowest BCUT2D eigenvalue weighted by Crippen LogP contribution is -2.39. The molecule has 1 rings (SSSR count). The highest BCUT2D eigenvalue weighted by Crippen LogP contribution is 2.32. The maximum Gasteiger partial charge on any atom is 0.0284 e. The van der Waals surface area contributed by atoms with E-state index in [2.05, 4.69) is 18.7 Å². The van der Waals surface area contributed by atoms with Gasteiger partial charge in [-0.15, -0.1) is 0 Å². The second kappa shape index (κ2) is 3.55. The van der Waals surface area contributed by atoms with Gasteiger partial charge in [0.25, 0.3) is 0 Å². The van der Waals surface area contributed by atoms with Crippen LogP contribution in [0.2, 0.25) is 0 Å². The Bertz CT molecular complexity index is 119. The van der Waals surface area contributed by atoms with Gasteiger partial charge < -0.3 is 10.6 Å². The van der Waals surface area contributed by atoms with Crippen LogP contribution in [0.1, 0.15) is 33.1 Å². The summed E-state index contributed by atoms with van der Waals surface area (Å²) in [7, 11) is 0. The summed E-state index contributed by atoms with van der Waals surface area (Å²) in [6, 6.07) is 0. The molecule has 66 valence electrons. The summed E-state index contributed by atoms with van der Waals surface area (Å²) in [5.41, 5.74) is 6.21. The van der Waals surface area contributed by atoms with Gasteiger partial charge in [0.2, 0.25) is 0 Å². The van der Waals surface area contributed by atoms with Crippen molar-refractivity contribution in [3.63, 3.8) is 0 Å². The molecule has 0 aromatic rings. The molecule has 2 heteroatoms. The third-order valence-corrected chi connectivity index (χ3v) is 2.42. The zero-order valence-electron chi connectivity index (χ0n) is 7.77. The lowest BCUT2D eigenvalue weighted by atomic mass is 10.2. The molecule has 0 unspecified atom stereocenters. The molecule has 1 aliphatic carbocycles. The second-order valence-corrected chi connectivity index (χ2v) is 3.73. The van der Waals surface area contributed by atoms with Gasteiger partial charge in [-0.2, -0.15) is 0 Å². The Balaban J connectivity index is 2.20. The summed E-state index contributed by atoms with van der Waals surface area (Å²) < 4.78 is 0. The standard InChI is InChI=1S/C9H20N2/c1-3-7-11(4-2)8-9(10)5-6-9/h3-8,10H2,1-2H3. The lowest BCUT2D eigenvalue weighted by molar-refractivity contribution is 0.263. The molecule has 0 saturated heterocycles. The van der Waals surface area contributed by atoms with Gasteiger partial charge in [0.1, 0.15) is 0 Å². The minimum Gasteiger partial charge on any atom is -0.324 e. The van der Waals surface area contributed by atoms with Crippen molar-refractivity contribution in [1.82, 2.24) is 4.90 Å². The van der Waals surface area contributed by atoms with Crippen LogP contribution in [-0.4, -0.2) is 30.1 Å². The van der Waals surface area contributed by atoms with Crippen LogP contribution >= 0.6 is 0 Å². The molecule has 2 nitrogen and oxygen atoms in total. The van der Waals surface area contributed by atoms with Crippen LogP contribution in [0.4, 0.5) is 0 Å². The first-order chi connectivity index (χ1) is 5.20. The van der Waals surface area contributed by atoms with Gasteiger partial charge >= 0.3 is 0 Å². The Kier molecular flexibility index (Phi) is 2.90. The van der Waals surface area contributed by atoms with E-state index in [0.717, 1.165) is 13.1 Å². The van der Waals surface area contributed by atoms with Crippen molar-refractivity contribution < 1.29 is 0 Å².